The third-order valence-electron chi connectivity index (χ3n) is 3.03. The summed E-state index contributed by atoms with van der Waals surface area (Å²) in [5.74, 6) is -1.84. The molecule has 0 fully saturated rings. The Morgan fingerprint density at radius 3 is 2.33 bits per heavy atom. The van der Waals surface area contributed by atoms with Crippen LogP contribution in [0.4, 0.5) is 5.69 Å². The zero-order chi connectivity index (χ0) is 18.1. The van der Waals surface area contributed by atoms with Crippen molar-refractivity contribution in [3.05, 3.63) is 45.3 Å². The topological polar surface area (TPSA) is 110 Å². The summed E-state index contributed by atoms with van der Waals surface area (Å²) in [6.07, 6.45) is 0. The van der Waals surface area contributed by atoms with E-state index in [9.17, 15) is 18.0 Å². The monoisotopic (exact) mass is 389 g/mol. The molecule has 0 aliphatic carbocycles. The second-order valence-corrected chi connectivity index (χ2v) is 7.91. The molecule has 7 nitrogen and oxygen atoms in total. The van der Waals surface area contributed by atoms with E-state index in [2.05, 4.69) is 9.46 Å². The fourth-order valence-electron chi connectivity index (χ4n) is 1.84. The first-order valence-electron chi connectivity index (χ1n) is 6.40. The molecule has 0 amide bonds. The maximum atomic E-state index is 12.5. The Balaban J connectivity index is 2.37. The second-order valence-electron chi connectivity index (χ2n) is 4.64. The standard InChI is InChI=1S/C14H12ClNO6S2/c1-7-10(15)11(13(19)22-2)23-14(7)24(20,21)16-9-5-3-8(4-6-9)12(17)18/h3-6,16H,1-2H3,(H,17,18). The Hall–Kier alpha value is -2.10. The lowest BCUT2D eigenvalue weighted by molar-refractivity contribution is 0.0605. The summed E-state index contributed by atoms with van der Waals surface area (Å²) in [6, 6.07) is 5.20. The van der Waals surface area contributed by atoms with Crippen LogP contribution in [0.2, 0.25) is 5.02 Å². The molecule has 0 radical (unpaired) electrons. The molecule has 1 aromatic carbocycles. The van der Waals surface area contributed by atoms with Crippen molar-refractivity contribution in [1.82, 2.24) is 0 Å². The molecule has 0 saturated heterocycles. The Morgan fingerprint density at radius 1 is 1.25 bits per heavy atom. The van der Waals surface area contributed by atoms with Crippen LogP contribution in [0.25, 0.3) is 0 Å². The summed E-state index contributed by atoms with van der Waals surface area (Å²) in [4.78, 5) is 22.4. The van der Waals surface area contributed by atoms with Crippen molar-refractivity contribution < 1.29 is 27.9 Å². The normalized spacial score (nSPS) is 11.1. The number of sulfonamides is 1. The molecule has 24 heavy (non-hydrogen) atoms. The number of nitrogens with one attached hydrogen (secondary N) is 1. The highest BCUT2D eigenvalue weighted by Gasteiger charge is 2.27. The van der Waals surface area contributed by atoms with Crippen LogP contribution < -0.4 is 4.72 Å². The van der Waals surface area contributed by atoms with Gasteiger partial charge in [-0.25, -0.2) is 18.0 Å². The fourth-order valence-corrected chi connectivity index (χ4v) is 4.94. The second kappa shape index (κ2) is 6.80. The summed E-state index contributed by atoms with van der Waals surface area (Å²) >= 11 is 6.71. The van der Waals surface area contributed by atoms with Crippen LogP contribution in [0.5, 0.6) is 0 Å². The van der Waals surface area contributed by atoms with E-state index in [4.69, 9.17) is 16.7 Å². The van der Waals surface area contributed by atoms with Gasteiger partial charge in [0.2, 0.25) is 0 Å². The number of aromatic carboxylic acids is 1. The van der Waals surface area contributed by atoms with Gasteiger partial charge in [-0.1, -0.05) is 11.6 Å². The van der Waals surface area contributed by atoms with E-state index in [0.717, 1.165) is 0 Å². The number of anilines is 1. The summed E-state index contributed by atoms with van der Waals surface area (Å²) in [5, 5.41) is 8.86. The molecule has 0 saturated carbocycles. The van der Waals surface area contributed by atoms with E-state index in [1.54, 1.807) is 0 Å². The molecular formula is C14H12ClNO6S2. The van der Waals surface area contributed by atoms with Gasteiger partial charge in [0.05, 0.1) is 17.7 Å². The summed E-state index contributed by atoms with van der Waals surface area (Å²) in [6.45, 7) is 1.48. The van der Waals surface area contributed by atoms with Crippen molar-refractivity contribution in [2.75, 3.05) is 11.8 Å². The number of hydrogen-bond donors (Lipinski definition) is 2. The van der Waals surface area contributed by atoms with Crippen molar-refractivity contribution in [2.45, 2.75) is 11.1 Å². The number of halogens is 1. The van der Waals surface area contributed by atoms with Gasteiger partial charge in [0, 0.05) is 11.3 Å². The van der Waals surface area contributed by atoms with Crippen molar-refractivity contribution in [2.24, 2.45) is 0 Å². The van der Waals surface area contributed by atoms with Crippen LogP contribution in [-0.4, -0.2) is 32.6 Å². The third kappa shape index (κ3) is 3.53. The number of benzene rings is 1. The van der Waals surface area contributed by atoms with Gasteiger partial charge in [-0.05, 0) is 31.2 Å². The summed E-state index contributed by atoms with van der Waals surface area (Å²) in [5.41, 5.74) is 0.446. The quantitative estimate of drug-likeness (QED) is 0.760. The number of esters is 1. The van der Waals surface area contributed by atoms with E-state index >= 15 is 0 Å². The van der Waals surface area contributed by atoms with Crippen molar-refractivity contribution in [3.63, 3.8) is 0 Å². The van der Waals surface area contributed by atoms with Crippen molar-refractivity contribution in [3.8, 4) is 0 Å². The predicted octanol–water partition coefficient (Wildman–Crippen LogP) is 3.00. The Morgan fingerprint density at radius 2 is 1.83 bits per heavy atom. The summed E-state index contributed by atoms with van der Waals surface area (Å²) in [7, 11) is -2.82. The highest BCUT2D eigenvalue weighted by molar-refractivity contribution is 7.94. The van der Waals surface area contributed by atoms with Gasteiger partial charge >= 0.3 is 11.9 Å². The van der Waals surface area contributed by atoms with Gasteiger partial charge in [0.15, 0.2) is 0 Å². The molecule has 0 aliphatic rings. The van der Waals surface area contributed by atoms with Gasteiger partial charge in [-0.2, -0.15) is 0 Å². The van der Waals surface area contributed by atoms with Gasteiger partial charge in [-0.3, -0.25) is 4.72 Å². The first-order chi connectivity index (χ1) is 11.2. The Kier molecular flexibility index (Phi) is 5.16. The maximum Gasteiger partial charge on any atom is 0.349 e. The molecule has 2 N–H and O–H groups in total. The van der Waals surface area contributed by atoms with Gasteiger partial charge in [0.1, 0.15) is 9.09 Å². The average molecular weight is 390 g/mol. The lowest BCUT2D eigenvalue weighted by Gasteiger charge is -2.07. The minimum absolute atomic E-state index is 0.00160. The van der Waals surface area contributed by atoms with Crippen molar-refractivity contribution >= 4 is 50.6 Å². The smallest absolute Gasteiger partial charge is 0.349 e. The molecule has 128 valence electrons. The van der Waals surface area contributed by atoms with E-state index in [-0.39, 0.29) is 30.9 Å². The number of rotatable bonds is 5. The molecule has 2 rings (SSSR count). The number of methoxy groups -OCH3 is 1. The number of carboxylic acids is 1. The molecule has 10 heteroatoms. The van der Waals surface area contributed by atoms with Crippen LogP contribution in [0.1, 0.15) is 25.6 Å². The van der Waals surface area contributed by atoms with E-state index in [1.807, 2.05) is 0 Å². The number of carbonyl (C=O) groups excluding carboxylic acids is 1. The zero-order valence-corrected chi connectivity index (χ0v) is 14.9. The first-order valence-corrected chi connectivity index (χ1v) is 9.08. The number of hydrogen-bond acceptors (Lipinski definition) is 6. The molecule has 0 atom stereocenters. The third-order valence-corrected chi connectivity index (χ3v) is 6.89. The molecule has 1 aromatic heterocycles. The van der Waals surface area contributed by atoms with Crippen LogP contribution >= 0.6 is 22.9 Å². The Labute approximate surface area is 146 Å². The first kappa shape index (κ1) is 18.2. The predicted molar refractivity (Wildman–Crippen MR) is 89.6 cm³/mol. The van der Waals surface area contributed by atoms with Crippen LogP contribution in [-0.2, 0) is 14.8 Å². The van der Waals surface area contributed by atoms with E-state index in [1.165, 1.54) is 38.3 Å². The van der Waals surface area contributed by atoms with Gasteiger partial charge in [-0.15, -0.1) is 11.3 Å². The molecule has 1 heterocycles. The van der Waals surface area contributed by atoms with Crippen LogP contribution in [0.3, 0.4) is 0 Å². The minimum Gasteiger partial charge on any atom is -0.478 e. The molecule has 0 bridgehead atoms. The molecule has 0 aliphatic heterocycles. The maximum absolute atomic E-state index is 12.5. The summed E-state index contributed by atoms with van der Waals surface area (Å²) < 4.78 is 31.8. The highest BCUT2D eigenvalue weighted by Crippen LogP contribution is 2.36. The lowest BCUT2D eigenvalue weighted by atomic mass is 10.2. The van der Waals surface area contributed by atoms with E-state index in [0.29, 0.717) is 11.3 Å². The molecule has 2 aromatic rings. The lowest BCUT2D eigenvalue weighted by Crippen LogP contribution is -2.12. The number of ether oxygens (including phenoxy) is 1. The zero-order valence-electron chi connectivity index (χ0n) is 12.5. The number of carbonyl (C=O) groups is 2. The minimum atomic E-state index is -3.99. The number of carboxylic acid groups (broad SMARTS) is 1. The number of thiophene rings is 1. The molecule has 0 spiro atoms. The van der Waals surface area contributed by atoms with Gasteiger partial charge < -0.3 is 9.84 Å². The Bertz CT molecular complexity index is 902. The average Bonchev–Trinajstić information content (AvgIpc) is 2.83. The van der Waals surface area contributed by atoms with Crippen LogP contribution in [0, 0.1) is 6.92 Å². The largest absolute Gasteiger partial charge is 0.478 e. The van der Waals surface area contributed by atoms with Crippen LogP contribution in [0.15, 0.2) is 28.5 Å². The van der Waals surface area contributed by atoms with Crippen molar-refractivity contribution in [1.29, 1.82) is 0 Å². The molecular weight excluding hydrogens is 378 g/mol. The fraction of sp³-hybridized carbons (Fsp3) is 0.143. The highest BCUT2D eigenvalue weighted by atomic mass is 35.5. The SMILES string of the molecule is COC(=O)c1sc(S(=O)(=O)Nc2ccc(C(=O)O)cc2)c(C)c1Cl. The van der Waals surface area contributed by atoms with E-state index < -0.39 is 22.0 Å². The van der Waals surface area contributed by atoms with Gasteiger partial charge in [0.25, 0.3) is 10.0 Å². The molecule has 0 unspecified atom stereocenters.